The van der Waals surface area contributed by atoms with Crippen molar-refractivity contribution in [1.82, 2.24) is 24.1 Å². The van der Waals surface area contributed by atoms with E-state index in [0.29, 0.717) is 5.82 Å². The van der Waals surface area contributed by atoms with Crippen molar-refractivity contribution in [3.05, 3.63) is 463 Å². The highest BCUT2D eigenvalue weighted by molar-refractivity contribution is 7.99. The highest BCUT2D eigenvalue weighted by Gasteiger charge is 2.52. The molecule has 18 aromatic carbocycles. The first-order valence-electron chi connectivity index (χ1n) is 41.9. The zero-order chi connectivity index (χ0) is 79.9. The minimum Gasteiger partial charge on any atom is -0.309 e. The van der Waals surface area contributed by atoms with E-state index in [-0.39, 0.29) is 0 Å². The van der Waals surface area contributed by atoms with Crippen molar-refractivity contribution in [2.24, 2.45) is 0 Å². The number of pyridine rings is 1. The van der Waals surface area contributed by atoms with Gasteiger partial charge in [0.05, 0.1) is 67.0 Å². The van der Waals surface area contributed by atoms with Gasteiger partial charge in [-0.1, -0.05) is 357 Å². The molecule has 26 rings (SSSR count). The third-order valence-electron chi connectivity index (χ3n) is 26.5. The van der Waals surface area contributed by atoms with Crippen molar-refractivity contribution in [1.29, 1.82) is 0 Å². The van der Waals surface area contributed by atoms with E-state index in [9.17, 15) is 0 Å². The van der Waals surface area contributed by atoms with Crippen LogP contribution in [0.2, 0.25) is 0 Å². The fourth-order valence-corrected chi connectivity index (χ4v) is 23.8. The van der Waals surface area contributed by atoms with Crippen LogP contribution in [0.3, 0.4) is 0 Å². The highest BCUT2D eigenvalue weighted by atomic mass is 32.2. The zero-order valence-corrected chi connectivity index (χ0v) is 67.5. The molecule has 0 fully saturated rings. The first-order chi connectivity index (χ1) is 60.5. The molecule has 4 aliphatic rings. The predicted octanol–water partition coefficient (Wildman–Crippen LogP) is 29.7. The van der Waals surface area contributed by atoms with Crippen molar-refractivity contribution in [2.45, 2.75) is 30.4 Å². The van der Waals surface area contributed by atoms with Gasteiger partial charge >= 0.3 is 0 Å². The van der Waals surface area contributed by atoms with E-state index in [4.69, 9.17) is 15.0 Å². The number of hydrogen-bond acceptors (Lipinski definition) is 5. The van der Waals surface area contributed by atoms with Gasteiger partial charge in [-0.3, -0.25) is 0 Å². The lowest BCUT2D eigenvalue weighted by Gasteiger charge is -2.39. The number of rotatable bonds is 9. The Hall–Kier alpha value is -15.0. The molecule has 0 N–H and O–H groups in total. The maximum atomic E-state index is 5.88. The molecule has 0 atom stereocenters. The number of fused-ring (bicyclic) bond motifs is 26. The summed E-state index contributed by atoms with van der Waals surface area (Å²) in [6.45, 7) is 0. The third kappa shape index (κ3) is 9.94. The van der Waals surface area contributed by atoms with Gasteiger partial charge in [0.15, 0.2) is 5.82 Å². The number of nitrogens with zero attached hydrogens (tertiary/aromatic N) is 5. The molecule has 0 amide bonds. The fourth-order valence-electron chi connectivity index (χ4n) is 21.4. The SMILES string of the molecule is c1ccc(-c2cc(-c3cccc(-c4cccc5c4c4cc6c(cc4n5-c4ccc(-c5cc(-c7ccccc7)nc(-c7ccccc7)n5)c5ccccc45)C4(c5ccccc5S6)c5ccccc5-c5ccccc54)c3)nc(-c3ccc(-n4c5ccccc5c5cc6c(cc54)C4(c5ccccc5S6)c5ccccc5-c5ccccc54)c4ccccc34)c2)cc1. The van der Waals surface area contributed by atoms with Crippen LogP contribution >= 0.6 is 23.5 Å². The first kappa shape index (κ1) is 69.0. The molecule has 6 heterocycles. The van der Waals surface area contributed by atoms with Crippen LogP contribution in [0.15, 0.2) is 438 Å². The van der Waals surface area contributed by atoms with Crippen LogP contribution in [0, 0.1) is 0 Å². The third-order valence-corrected chi connectivity index (χ3v) is 28.7. The quantitative estimate of drug-likeness (QED) is 0.144. The normalized spacial score (nSPS) is 13.5. The molecule has 0 bridgehead atoms. The van der Waals surface area contributed by atoms with Crippen LogP contribution in [0.4, 0.5) is 0 Å². The van der Waals surface area contributed by atoms with Gasteiger partial charge in [-0.2, -0.15) is 0 Å². The summed E-state index contributed by atoms with van der Waals surface area (Å²) in [5.74, 6) is 0.680. The largest absolute Gasteiger partial charge is 0.309 e. The predicted molar refractivity (Wildman–Crippen MR) is 504 cm³/mol. The second kappa shape index (κ2) is 26.8. The van der Waals surface area contributed by atoms with Gasteiger partial charge in [0, 0.05) is 79.7 Å². The molecule has 22 aromatic rings. The number of aromatic nitrogens is 5. The Labute approximate surface area is 713 Å². The second-order valence-corrected chi connectivity index (χ2v) is 34.8. The van der Waals surface area contributed by atoms with Crippen molar-refractivity contribution in [3.8, 4) is 112 Å². The Kier molecular flexibility index (Phi) is 15.1. The summed E-state index contributed by atoms with van der Waals surface area (Å²) in [5, 5.41) is 9.26. The molecule has 0 saturated carbocycles. The van der Waals surface area contributed by atoms with Crippen LogP contribution in [-0.2, 0) is 10.8 Å². The van der Waals surface area contributed by atoms with Gasteiger partial charge in [0.1, 0.15) is 0 Å². The van der Waals surface area contributed by atoms with Crippen molar-refractivity contribution >= 4 is 88.7 Å². The van der Waals surface area contributed by atoms with E-state index in [1.54, 1.807) is 0 Å². The van der Waals surface area contributed by atoms with Gasteiger partial charge in [-0.05, 0) is 185 Å². The highest BCUT2D eigenvalue weighted by Crippen LogP contribution is 2.66. The summed E-state index contributed by atoms with van der Waals surface area (Å²) in [7, 11) is 0. The molecule has 2 spiro atoms. The molecule has 2 aliphatic carbocycles. The van der Waals surface area contributed by atoms with Crippen molar-refractivity contribution < 1.29 is 0 Å². The minimum absolute atomic E-state index is 0.533. The van der Waals surface area contributed by atoms with Gasteiger partial charge in [0.25, 0.3) is 0 Å². The summed E-state index contributed by atoms with van der Waals surface area (Å²) >= 11 is 3.80. The first-order valence-corrected chi connectivity index (χ1v) is 43.5. The topological polar surface area (TPSA) is 48.5 Å². The molecule has 2 aliphatic heterocycles. The lowest BCUT2D eigenvalue weighted by Crippen LogP contribution is -2.32. The van der Waals surface area contributed by atoms with Gasteiger partial charge in [-0.25, -0.2) is 15.0 Å². The van der Waals surface area contributed by atoms with Gasteiger partial charge in [-0.15, -0.1) is 0 Å². The molecular weight excluding hydrogens is 1520 g/mol. The molecule has 566 valence electrons. The summed E-state index contributed by atoms with van der Waals surface area (Å²) in [5.41, 5.74) is 34.3. The smallest absolute Gasteiger partial charge is 0.160 e. The van der Waals surface area contributed by atoms with Crippen LogP contribution in [0.1, 0.15) is 44.5 Å². The van der Waals surface area contributed by atoms with Crippen LogP contribution < -0.4 is 0 Å². The number of benzene rings is 18. The average Bonchev–Trinajstić information content (AvgIpc) is 1.49. The summed E-state index contributed by atoms with van der Waals surface area (Å²) in [4.78, 5) is 21.6. The van der Waals surface area contributed by atoms with Crippen LogP contribution in [0.25, 0.3) is 177 Å². The van der Waals surface area contributed by atoms with E-state index in [1.165, 1.54) is 113 Å². The summed E-state index contributed by atoms with van der Waals surface area (Å²) in [6, 6.07) is 156. The fraction of sp³-hybridized carbons (Fsp3) is 0.0174. The molecule has 0 saturated heterocycles. The lowest BCUT2D eigenvalue weighted by molar-refractivity contribution is 0.724. The Bertz CT molecular complexity index is 8070. The van der Waals surface area contributed by atoms with E-state index in [0.717, 1.165) is 122 Å². The maximum absolute atomic E-state index is 5.88. The Morgan fingerprint density at radius 2 is 0.582 bits per heavy atom. The number of para-hydroxylation sites is 1. The Morgan fingerprint density at radius 1 is 0.189 bits per heavy atom. The van der Waals surface area contributed by atoms with Crippen LogP contribution in [0.5, 0.6) is 0 Å². The van der Waals surface area contributed by atoms with Gasteiger partial charge in [0.2, 0.25) is 0 Å². The van der Waals surface area contributed by atoms with E-state index in [1.807, 2.05) is 29.6 Å². The zero-order valence-electron chi connectivity index (χ0n) is 65.9. The molecule has 122 heavy (non-hydrogen) atoms. The molecule has 4 aromatic heterocycles. The van der Waals surface area contributed by atoms with E-state index >= 15 is 0 Å². The molecule has 0 radical (unpaired) electrons. The Balaban J connectivity index is 0.665. The van der Waals surface area contributed by atoms with E-state index in [2.05, 4.69) is 422 Å². The molecular formula is C115H69N5S2. The second-order valence-electron chi connectivity index (χ2n) is 32.6. The Morgan fingerprint density at radius 3 is 1.16 bits per heavy atom. The van der Waals surface area contributed by atoms with E-state index < -0.39 is 10.8 Å². The number of hydrogen-bond donors (Lipinski definition) is 0. The monoisotopic (exact) mass is 1580 g/mol. The molecule has 7 heteroatoms. The van der Waals surface area contributed by atoms with Gasteiger partial charge < -0.3 is 9.13 Å². The molecule has 0 unspecified atom stereocenters. The van der Waals surface area contributed by atoms with Crippen LogP contribution in [-0.4, -0.2) is 24.1 Å². The van der Waals surface area contributed by atoms with Crippen molar-refractivity contribution in [3.63, 3.8) is 0 Å². The standard InChI is InChI=1S/C115H69N5S2/c1-4-30-70(31-5-1)75-63-98(116-100(64-75)83-58-60-103(85-44-12-10-38-77(83)85)119-102-54-25-18-46-87(102)88-65-110-96(67-106(88)119)114(94-52-23-26-56-108(94)121-110)90-48-19-14-40-79(90)80-41-15-20-49-91(80)114)74-37-28-36-73(62-74)76-47-29-55-105-112(76)89-66-111-97(115(95-53-24-27-57-109(95)122-111)92-50-21-16-42-81(92)82-43-17-22-51-93(82)115)68-107(89)120(105)104-61-59-84(78-39-11-13-45-86(78)104)101-69-99(71-32-6-2-7-33-71)117-113(118-101)72-34-8-3-9-35-72/h1-69H. The molecule has 5 nitrogen and oxygen atoms in total. The summed E-state index contributed by atoms with van der Waals surface area (Å²) < 4.78 is 5.12. The van der Waals surface area contributed by atoms with Crippen molar-refractivity contribution in [2.75, 3.05) is 0 Å². The lowest BCUT2D eigenvalue weighted by atomic mass is 9.67. The maximum Gasteiger partial charge on any atom is 0.160 e. The summed E-state index contributed by atoms with van der Waals surface area (Å²) in [6.07, 6.45) is 0. The average molecular weight is 1580 g/mol. The minimum atomic E-state index is -0.612.